The highest BCUT2D eigenvalue weighted by Gasteiger charge is 2.23. The monoisotopic (exact) mass is 750 g/mol. The van der Waals surface area contributed by atoms with E-state index in [0.717, 1.165) is 77.7 Å². The number of imidazole rings is 2. The molecule has 14 rings (SSSR count). The van der Waals surface area contributed by atoms with Gasteiger partial charge in [0.1, 0.15) is 11.3 Å². The van der Waals surface area contributed by atoms with E-state index in [4.69, 9.17) is 15.0 Å². The van der Waals surface area contributed by atoms with Gasteiger partial charge in [-0.1, -0.05) is 121 Å². The van der Waals surface area contributed by atoms with Crippen LogP contribution in [0.5, 0.6) is 0 Å². The van der Waals surface area contributed by atoms with Gasteiger partial charge in [-0.05, 0) is 93.3 Å². The number of nitrogens with zero attached hydrogens (tertiary/aromatic N) is 6. The smallest absolute Gasteiger partial charge is 0.221 e. The SMILES string of the molecule is c1ccc2c(c1)ccc1c3cc(-c4cc5c6ccccc6n(-c6nc7ccccc7c7nc8ccccc8n67)c5c5ccccc45)ccc3n3c4ccccc4nc3c21. The molecule has 0 N–H and O–H groups in total. The Labute approximate surface area is 335 Å². The molecule has 14 aromatic rings. The van der Waals surface area contributed by atoms with Crippen molar-refractivity contribution in [2.24, 2.45) is 0 Å². The number of aromatic nitrogens is 6. The number of rotatable bonds is 2. The Morgan fingerprint density at radius 1 is 0.339 bits per heavy atom. The molecule has 0 fully saturated rings. The van der Waals surface area contributed by atoms with Gasteiger partial charge in [0.2, 0.25) is 5.95 Å². The van der Waals surface area contributed by atoms with Crippen LogP contribution in [0.4, 0.5) is 0 Å². The summed E-state index contributed by atoms with van der Waals surface area (Å²) in [5.74, 6) is 0.817. The average molecular weight is 751 g/mol. The van der Waals surface area contributed by atoms with Crippen LogP contribution in [0.2, 0.25) is 0 Å². The lowest BCUT2D eigenvalue weighted by atomic mass is 9.93. The maximum absolute atomic E-state index is 5.46. The quantitative estimate of drug-likeness (QED) is 0.165. The molecule has 6 heteroatoms. The second-order valence-corrected chi connectivity index (χ2v) is 15.6. The van der Waals surface area contributed by atoms with Crippen molar-refractivity contribution in [1.29, 1.82) is 0 Å². The molecule has 0 spiro atoms. The van der Waals surface area contributed by atoms with E-state index in [1.807, 2.05) is 0 Å². The summed E-state index contributed by atoms with van der Waals surface area (Å²) in [6, 6.07) is 65.4. The van der Waals surface area contributed by atoms with E-state index in [-0.39, 0.29) is 0 Å². The van der Waals surface area contributed by atoms with E-state index >= 15 is 0 Å². The molecular weight excluding hydrogens is 721 g/mol. The van der Waals surface area contributed by atoms with Crippen molar-refractivity contribution < 1.29 is 0 Å². The van der Waals surface area contributed by atoms with Crippen LogP contribution >= 0.6 is 0 Å². The van der Waals surface area contributed by atoms with Gasteiger partial charge in [-0.2, -0.15) is 0 Å². The molecule has 0 radical (unpaired) electrons. The van der Waals surface area contributed by atoms with Gasteiger partial charge in [0.25, 0.3) is 0 Å². The fraction of sp³-hybridized carbons (Fsp3) is 0. The highest BCUT2D eigenvalue weighted by molar-refractivity contribution is 6.25. The average Bonchev–Trinajstić information content (AvgIpc) is 3.99. The van der Waals surface area contributed by atoms with E-state index in [9.17, 15) is 0 Å². The first kappa shape index (κ1) is 31.0. The Morgan fingerprint density at radius 3 is 1.78 bits per heavy atom. The minimum Gasteiger partial charge on any atom is -0.292 e. The molecule has 5 aromatic heterocycles. The molecule has 9 aromatic carbocycles. The predicted octanol–water partition coefficient (Wildman–Crippen LogP) is 13.2. The van der Waals surface area contributed by atoms with E-state index in [1.54, 1.807) is 0 Å². The molecule has 6 nitrogen and oxygen atoms in total. The second-order valence-electron chi connectivity index (χ2n) is 15.6. The van der Waals surface area contributed by atoms with Gasteiger partial charge in [0.15, 0.2) is 0 Å². The topological polar surface area (TPSA) is 52.4 Å². The van der Waals surface area contributed by atoms with Crippen molar-refractivity contribution in [2.45, 2.75) is 0 Å². The lowest BCUT2D eigenvalue weighted by Gasteiger charge is -2.16. The number of hydrogen-bond acceptors (Lipinski definition) is 3. The van der Waals surface area contributed by atoms with Crippen LogP contribution in [-0.2, 0) is 0 Å². The number of para-hydroxylation sites is 6. The maximum atomic E-state index is 5.46. The standard InChI is InChI=1S/C53H30N6/c1-2-14-33-31(13-1)25-27-36-40-29-32(26-28-46(40)57-47-23-11-8-20-43(47)55-52(57)49(33)36)39-30-41-35-16-6-10-22-45(35)58(50(41)37-17-4-3-15-34(37)39)53-56-42-19-7-5-18-38(42)51-54-44-21-9-12-24-48(44)59(51)53/h1-30H. The number of pyridine rings is 1. The normalized spacial score (nSPS) is 12.4. The number of benzene rings is 9. The first-order chi connectivity index (χ1) is 29.3. The van der Waals surface area contributed by atoms with Crippen molar-refractivity contribution in [2.75, 3.05) is 0 Å². The molecule has 272 valence electrons. The highest BCUT2D eigenvalue weighted by Crippen LogP contribution is 2.44. The minimum absolute atomic E-state index is 0.817. The maximum Gasteiger partial charge on any atom is 0.221 e. The fourth-order valence-electron chi connectivity index (χ4n) is 10.0. The van der Waals surface area contributed by atoms with Gasteiger partial charge in [-0.15, -0.1) is 0 Å². The second kappa shape index (κ2) is 11.3. The Hall–Kier alpha value is -8.09. The zero-order valence-electron chi connectivity index (χ0n) is 31.5. The van der Waals surface area contributed by atoms with E-state index < -0.39 is 0 Å². The predicted molar refractivity (Wildman–Crippen MR) is 244 cm³/mol. The molecule has 0 unspecified atom stereocenters. The lowest BCUT2D eigenvalue weighted by Crippen LogP contribution is -2.06. The zero-order valence-corrected chi connectivity index (χ0v) is 31.5. The Bertz CT molecular complexity index is 4150. The molecule has 5 heterocycles. The number of hydrogen-bond donors (Lipinski definition) is 0. The van der Waals surface area contributed by atoms with Crippen LogP contribution < -0.4 is 0 Å². The summed E-state index contributed by atoms with van der Waals surface area (Å²) in [5.41, 5.74) is 12.6. The summed E-state index contributed by atoms with van der Waals surface area (Å²) in [6.45, 7) is 0. The minimum atomic E-state index is 0.817. The summed E-state index contributed by atoms with van der Waals surface area (Å²) < 4.78 is 6.96. The largest absolute Gasteiger partial charge is 0.292 e. The van der Waals surface area contributed by atoms with E-state index in [0.29, 0.717) is 0 Å². The summed E-state index contributed by atoms with van der Waals surface area (Å²) in [4.78, 5) is 15.9. The van der Waals surface area contributed by atoms with Crippen molar-refractivity contribution in [3.05, 3.63) is 182 Å². The van der Waals surface area contributed by atoms with Gasteiger partial charge in [0, 0.05) is 32.3 Å². The van der Waals surface area contributed by atoms with Crippen LogP contribution in [0, 0.1) is 0 Å². The zero-order chi connectivity index (χ0) is 38.3. The van der Waals surface area contributed by atoms with Crippen molar-refractivity contribution in [1.82, 2.24) is 28.3 Å². The van der Waals surface area contributed by atoms with Gasteiger partial charge >= 0.3 is 0 Å². The van der Waals surface area contributed by atoms with E-state index in [1.165, 1.54) is 48.7 Å². The van der Waals surface area contributed by atoms with Crippen LogP contribution in [0.25, 0.3) is 126 Å². The number of fused-ring (bicyclic) bond motifs is 20. The summed E-state index contributed by atoms with van der Waals surface area (Å²) in [6.07, 6.45) is 0. The Kier molecular flexibility index (Phi) is 5.93. The van der Waals surface area contributed by atoms with Crippen molar-refractivity contribution in [3.8, 4) is 17.1 Å². The summed E-state index contributed by atoms with van der Waals surface area (Å²) >= 11 is 0. The highest BCUT2D eigenvalue weighted by atomic mass is 15.2. The van der Waals surface area contributed by atoms with Gasteiger partial charge in [-0.3, -0.25) is 13.4 Å². The van der Waals surface area contributed by atoms with Gasteiger partial charge in [0.05, 0.1) is 44.1 Å². The molecule has 0 aliphatic heterocycles. The first-order valence-corrected chi connectivity index (χ1v) is 20.0. The first-order valence-electron chi connectivity index (χ1n) is 20.0. The van der Waals surface area contributed by atoms with Crippen LogP contribution in [0.3, 0.4) is 0 Å². The molecule has 0 aliphatic carbocycles. The molecule has 0 saturated carbocycles. The van der Waals surface area contributed by atoms with Crippen LogP contribution in [-0.4, -0.2) is 28.3 Å². The van der Waals surface area contributed by atoms with Crippen molar-refractivity contribution >= 4 is 109 Å². The Balaban J connectivity index is 1.12. The molecular formula is C53H30N6. The molecule has 59 heavy (non-hydrogen) atoms. The Morgan fingerprint density at radius 2 is 0.966 bits per heavy atom. The lowest BCUT2D eigenvalue weighted by molar-refractivity contribution is 0.982. The van der Waals surface area contributed by atoms with E-state index in [2.05, 4.69) is 195 Å². The fourth-order valence-corrected chi connectivity index (χ4v) is 10.0. The third-order valence-corrected chi connectivity index (χ3v) is 12.6. The van der Waals surface area contributed by atoms with Crippen LogP contribution in [0.15, 0.2) is 182 Å². The van der Waals surface area contributed by atoms with Crippen molar-refractivity contribution in [3.63, 3.8) is 0 Å². The summed E-state index contributed by atoms with van der Waals surface area (Å²) in [5, 5.41) is 11.7. The molecule has 0 amide bonds. The summed E-state index contributed by atoms with van der Waals surface area (Å²) in [7, 11) is 0. The molecule has 0 saturated heterocycles. The van der Waals surface area contributed by atoms with Crippen LogP contribution in [0.1, 0.15) is 0 Å². The third kappa shape index (κ3) is 4.06. The molecule has 0 aliphatic rings. The van der Waals surface area contributed by atoms with Gasteiger partial charge < -0.3 is 0 Å². The van der Waals surface area contributed by atoms with Gasteiger partial charge in [-0.25, -0.2) is 15.0 Å². The molecule has 0 bridgehead atoms. The molecule has 0 atom stereocenters. The third-order valence-electron chi connectivity index (χ3n) is 12.6.